The Labute approximate surface area is 136 Å². The van der Waals surface area contributed by atoms with Crippen LogP contribution in [0.15, 0.2) is 36.4 Å². The molecule has 1 saturated heterocycles. The highest BCUT2D eigenvalue weighted by Gasteiger charge is 2.29. The van der Waals surface area contributed by atoms with E-state index in [1.807, 2.05) is 48.2 Å². The van der Waals surface area contributed by atoms with Crippen molar-refractivity contribution in [3.63, 3.8) is 0 Å². The number of benzene rings is 1. The van der Waals surface area contributed by atoms with Gasteiger partial charge in [0, 0.05) is 23.9 Å². The third-order valence-electron chi connectivity index (χ3n) is 4.24. The maximum atomic E-state index is 11.6. The zero-order valence-electron chi connectivity index (χ0n) is 13.3. The molecule has 1 aliphatic rings. The number of aliphatic carboxylic acids is 1. The van der Waals surface area contributed by atoms with E-state index in [2.05, 4.69) is 9.97 Å². The molecule has 1 atom stereocenters. The second-order valence-corrected chi connectivity index (χ2v) is 5.80. The second kappa shape index (κ2) is 6.77. The highest BCUT2D eigenvalue weighted by atomic mass is 16.4. The molecule has 5 heteroatoms. The summed E-state index contributed by atoms with van der Waals surface area (Å²) in [5.41, 5.74) is 1.89. The first-order chi connectivity index (χ1) is 11.2. The lowest BCUT2D eigenvalue weighted by atomic mass is 10.0. The van der Waals surface area contributed by atoms with Crippen LogP contribution in [-0.2, 0) is 11.2 Å². The molecule has 0 bridgehead atoms. The number of anilines is 1. The summed E-state index contributed by atoms with van der Waals surface area (Å²) in [5, 5.41) is 9.50. The SMILES string of the molecule is CCc1cc(N2CCCCC2C(=O)O)nc(-c2ccccc2)n1. The van der Waals surface area contributed by atoms with Gasteiger partial charge in [-0.05, 0) is 25.7 Å². The van der Waals surface area contributed by atoms with Gasteiger partial charge in [-0.1, -0.05) is 37.3 Å². The topological polar surface area (TPSA) is 66.3 Å². The fraction of sp³-hybridized carbons (Fsp3) is 0.389. The molecule has 3 rings (SSSR count). The molecule has 1 fully saturated rings. The predicted molar refractivity (Wildman–Crippen MR) is 89.5 cm³/mol. The summed E-state index contributed by atoms with van der Waals surface area (Å²) in [4.78, 5) is 22.7. The van der Waals surface area contributed by atoms with E-state index in [4.69, 9.17) is 0 Å². The number of carbonyl (C=O) groups is 1. The molecule has 1 unspecified atom stereocenters. The Bertz CT molecular complexity index is 688. The van der Waals surface area contributed by atoms with Gasteiger partial charge in [0.15, 0.2) is 5.82 Å². The van der Waals surface area contributed by atoms with E-state index in [1.54, 1.807) is 0 Å². The van der Waals surface area contributed by atoms with Crippen molar-refractivity contribution in [1.29, 1.82) is 0 Å². The molecule has 0 spiro atoms. The summed E-state index contributed by atoms with van der Waals surface area (Å²) in [6, 6.07) is 11.3. The molecule has 0 saturated carbocycles. The Hall–Kier alpha value is -2.43. The van der Waals surface area contributed by atoms with Crippen molar-refractivity contribution in [3.05, 3.63) is 42.1 Å². The molecule has 23 heavy (non-hydrogen) atoms. The number of carboxylic acids is 1. The number of aryl methyl sites for hydroxylation is 1. The third kappa shape index (κ3) is 3.33. The minimum absolute atomic E-state index is 0.494. The quantitative estimate of drug-likeness (QED) is 0.939. The zero-order valence-corrected chi connectivity index (χ0v) is 13.3. The highest BCUT2D eigenvalue weighted by Crippen LogP contribution is 2.26. The number of nitrogens with zero attached hydrogens (tertiary/aromatic N) is 3. The van der Waals surface area contributed by atoms with Crippen molar-refractivity contribution in [2.45, 2.75) is 38.6 Å². The average molecular weight is 311 g/mol. The van der Waals surface area contributed by atoms with Gasteiger partial charge in [0.2, 0.25) is 0 Å². The van der Waals surface area contributed by atoms with Crippen LogP contribution in [0.2, 0.25) is 0 Å². The molecule has 1 aromatic carbocycles. The number of rotatable bonds is 4. The van der Waals surface area contributed by atoms with Gasteiger partial charge in [-0.15, -0.1) is 0 Å². The lowest BCUT2D eigenvalue weighted by Gasteiger charge is -2.34. The van der Waals surface area contributed by atoms with Gasteiger partial charge in [-0.3, -0.25) is 0 Å². The van der Waals surface area contributed by atoms with Crippen molar-refractivity contribution in [2.75, 3.05) is 11.4 Å². The van der Waals surface area contributed by atoms with Crippen molar-refractivity contribution < 1.29 is 9.90 Å². The fourth-order valence-corrected chi connectivity index (χ4v) is 2.99. The minimum atomic E-state index is -0.775. The van der Waals surface area contributed by atoms with Crippen LogP contribution >= 0.6 is 0 Å². The second-order valence-electron chi connectivity index (χ2n) is 5.80. The van der Waals surface area contributed by atoms with Crippen molar-refractivity contribution in [2.24, 2.45) is 0 Å². The fourth-order valence-electron chi connectivity index (χ4n) is 2.99. The summed E-state index contributed by atoms with van der Waals surface area (Å²) in [6.07, 6.45) is 3.41. The lowest BCUT2D eigenvalue weighted by Crippen LogP contribution is -2.45. The molecule has 5 nitrogen and oxygen atoms in total. The maximum Gasteiger partial charge on any atom is 0.326 e. The monoisotopic (exact) mass is 311 g/mol. The van der Waals surface area contributed by atoms with Crippen LogP contribution in [-0.4, -0.2) is 33.6 Å². The summed E-state index contributed by atoms with van der Waals surface area (Å²) in [5.74, 6) is 0.611. The largest absolute Gasteiger partial charge is 0.480 e. The number of aromatic nitrogens is 2. The first-order valence-corrected chi connectivity index (χ1v) is 8.12. The maximum absolute atomic E-state index is 11.6. The summed E-state index contributed by atoms with van der Waals surface area (Å²) in [6.45, 7) is 2.77. The number of hydrogen-bond donors (Lipinski definition) is 1. The number of carboxylic acid groups (broad SMARTS) is 1. The highest BCUT2D eigenvalue weighted by molar-refractivity contribution is 5.78. The van der Waals surface area contributed by atoms with E-state index >= 15 is 0 Å². The molecule has 1 N–H and O–H groups in total. The van der Waals surface area contributed by atoms with E-state index in [0.29, 0.717) is 12.2 Å². The minimum Gasteiger partial charge on any atom is -0.480 e. The van der Waals surface area contributed by atoms with Gasteiger partial charge >= 0.3 is 5.97 Å². The Morgan fingerprint density at radius 2 is 2.04 bits per heavy atom. The number of piperidine rings is 1. The van der Waals surface area contributed by atoms with Crippen LogP contribution in [0.3, 0.4) is 0 Å². The average Bonchev–Trinajstić information content (AvgIpc) is 2.62. The van der Waals surface area contributed by atoms with Crippen molar-refractivity contribution in [3.8, 4) is 11.4 Å². The van der Waals surface area contributed by atoms with Gasteiger partial charge in [0.1, 0.15) is 11.9 Å². The van der Waals surface area contributed by atoms with Gasteiger partial charge in [-0.2, -0.15) is 0 Å². The van der Waals surface area contributed by atoms with Gasteiger partial charge in [0.25, 0.3) is 0 Å². The summed E-state index contributed by atoms with van der Waals surface area (Å²) >= 11 is 0. The van der Waals surface area contributed by atoms with Gasteiger partial charge in [-0.25, -0.2) is 14.8 Å². The Morgan fingerprint density at radius 1 is 1.26 bits per heavy atom. The van der Waals surface area contributed by atoms with Crippen molar-refractivity contribution >= 4 is 11.8 Å². The van der Waals surface area contributed by atoms with E-state index < -0.39 is 12.0 Å². The van der Waals surface area contributed by atoms with E-state index in [-0.39, 0.29) is 0 Å². The molecular weight excluding hydrogens is 290 g/mol. The normalized spacial score (nSPS) is 18.0. The van der Waals surface area contributed by atoms with Gasteiger partial charge in [0.05, 0.1) is 0 Å². The first kappa shape index (κ1) is 15.5. The van der Waals surface area contributed by atoms with Crippen LogP contribution in [0, 0.1) is 0 Å². The van der Waals surface area contributed by atoms with Crippen LogP contribution in [0.5, 0.6) is 0 Å². The third-order valence-corrected chi connectivity index (χ3v) is 4.24. The summed E-state index contributed by atoms with van der Waals surface area (Å²) in [7, 11) is 0. The van der Waals surface area contributed by atoms with E-state index in [0.717, 1.165) is 42.9 Å². The van der Waals surface area contributed by atoms with Crippen LogP contribution in [0.1, 0.15) is 31.9 Å². The van der Waals surface area contributed by atoms with Gasteiger partial charge < -0.3 is 10.0 Å². The van der Waals surface area contributed by atoms with Crippen LogP contribution in [0.4, 0.5) is 5.82 Å². The first-order valence-electron chi connectivity index (χ1n) is 8.12. The smallest absolute Gasteiger partial charge is 0.326 e. The molecule has 2 aromatic rings. The van der Waals surface area contributed by atoms with Crippen molar-refractivity contribution in [1.82, 2.24) is 9.97 Å². The molecule has 0 radical (unpaired) electrons. The Kier molecular flexibility index (Phi) is 4.55. The van der Waals surface area contributed by atoms with E-state index in [1.165, 1.54) is 0 Å². The molecule has 1 aliphatic heterocycles. The molecule has 0 amide bonds. The molecule has 120 valence electrons. The molecule has 2 heterocycles. The van der Waals surface area contributed by atoms with Crippen LogP contribution < -0.4 is 4.90 Å². The molecule has 0 aliphatic carbocycles. The zero-order chi connectivity index (χ0) is 16.2. The predicted octanol–water partition coefficient (Wildman–Crippen LogP) is 3.15. The standard InChI is InChI=1S/C18H21N3O2/c1-2-14-12-16(21-11-7-6-10-15(21)18(22)23)20-17(19-14)13-8-4-3-5-9-13/h3-5,8-9,12,15H,2,6-7,10-11H2,1H3,(H,22,23). The summed E-state index contributed by atoms with van der Waals surface area (Å²) < 4.78 is 0. The van der Waals surface area contributed by atoms with Crippen LogP contribution in [0.25, 0.3) is 11.4 Å². The molecule has 1 aromatic heterocycles. The van der Waals surface area contributed by atoms with E-state index in [9.17, 15) is 9.90 Å². The Morgan fingerprint density at radius 3 is 2.74 bits per heavy atom. The molecular formula is C18H21N3O2. The Balaban J connectivity index is 2.03. The lowest BCUT2D eigenvalue weighted by molar-refractivity contribution is -0.139. The number of hydrogen-bond acceptors (Lipinski definition) is 4.